The monoisotopic (exact) mass is 687 g/mol. The van der Waals surface area contributed by atoms with E-state index in [9.17, 15) is 24.3 Å². The predicted octanol–water partition coefficient (Wildman–Crippen LogP) is 3.75. The van der Waals surface area contributed by atoms with Crippen molar-refractivity contribution >= 4 is 45.3 Å². The van der Waals surface area contributed by atoms with Crippen LogP contribution in [0.2, 0.25) is 0 Å². The van der Waals surface area contributed by atoms with Crippen LogP contribution in [0.15, 0.2) is 43.5 Å². The second kappa shape index (κ2) is 15.0. The van der Waals surface area contributed by atoms with Crippen LogP contribution in [-0.4, -0.2) is 88.6 Å². The lowest BCUT2D eigenvalue weighted by atomic mass is 9.70. The number of alkyl halides is 1. The van der Waals surface area contributed by atoms with Gasteiger partial charge in [-0.3, -0.25) is 19.2 Å². The fourth-order valence-electron chi connectivity index (χ4n) is 7.19. The zero-order chi connectivity index (χ0) is 32.9. The number of fused-ring (bicyclic) bond motifs is 1. The van der Waals surface area contributed by atoms with Crippen LogP contribution in [-0.2, 0) is 28.7 Å². The molecule has 1 spiro atoms. The second-order valence-electron chi connectivity index (χ2n) is 12.3. The van der Waals surface area contributed by atoms with Crippen molar-refractivity contribution in [2.24, 2.45) is 11.8 Å². The maximum Gasteiger partial charge on any atom is 0.312 e. The van der Waals surface area contributed by atoms with Gasteiger partial charge in [0, 0.05) is 36.6 Å². The summed E-state index contributed by atoms with van der Waals surface area (Å²) < 4.78 is 12.4. The maximum atomic E-state index is 14.8. The molecule has 1 aromatic carbocycles. The molecule has 3 aliphatic heterocycles. The van der Waals surface area contributed by atoms with E-state index in [0.717, 1.165) is 16.8 Å². The Kier molecular flexibility index (Phi) is 11.7. The average Bonchev–Trinajstić information content (AvgIpc) is 3.59. The van der Waals surface area contributed by atoms with Gasteiger partial charge in [0.25, 0.3) is 5.91 Å². The molecule has 0 aromatic heterocycles. The van der Waals surface area contributed by atoms with Gasteiger partial charge < -0.3 is 29.7 Å². The molecule has 45 heavy (non-hydrogen) atoms. The number of para-hydroxylation sites is 1. The summed E-state index contributed by atoms with van der Waals surface area (Å²) in [6, 6.07) is 4.86. The Hall–Kier alpha value is -3.02. The fraction of sp³-hybridized carbons (Fsp3) is 0.588. The summed E-state index contributed by atoms with van der Waals surface area (Å²) in [4.78, 5) is 58.0. The van der Waals surface area contributed by atoms with E-state index in [-0.39, 0.29) is 48.8 Å². The molecule has 1 aromatic rings. The number of aliphatic hydroxyl groups is 1. The van der Waals surface area contributed by atoms with Crippen molar-refractivity contribution in [3.63, 3.8) is 0 Å². The quantitative estimate of drug-likeness (QED) is 0.117. The van der Waals surface area contributed by atoms with Crippen LogP contribution in [0.4, 0.5) is 5.69 Å². The van der Waals surface area contributed by atoms with Crippen LogP contribution in [0.5, 0.6) is 0 Å². The molecule has 246 valence electrons. The third-order valence-corrected chi connectivity index (χ3v) is 9.96. The molecule has 4 rings (SSSR count). The van der Waals surface area contributed by atoms with E-state index >= 15 is 0 Å². The van der Waals surface area contributed by atoms with Gasteiger partial charge in [-0.05, 0) is 64.0 Å². The molecule has 3 amide bonds. The number of hydrogen-bond donors (Lipinski definition) is 2. The molecule has 11 heteroatoms. The first-order valence-corrected chi connectivity index (χ1v) is 16.7. The highest BCUT2D eigenvalue weighted by Gasteiger charge is 2.77. The van der Waals surface area contributed by atoms with Crippen LogP contribution in [0.1, 0.15) is 56.6 Å². The zero-order valence-corrected chi connectivity index (χ0v) is 28.1. The maximum absolute atomic E-state index is 14.8. The number of aryl methyl sites for hydroxylation is 2. The second-order valence-corrected chi connectivity index (χ2v) is 13.5. The van der Waals surface area contributed by atoms with E-state index in [1.807, 2.05) is 32.0 Å². The summed E-state index contributed by atoms with van der Waals surface area (Å²) >= 11 is 3.70. The SMILES string of the molecule is C=CCCC(=O)NC[C@@H](C)OC(=O)[C@@H]1[C@H]2O[C@@]3(CC2Br)[C@H](C(=O)N(CC=C)c2c(C)cccc2C)N(CCCCCO)C(=O)[C@@H]13. The summed E-state index contributed by atoms with van der Waals surface area (Å²) in [5.41, 5.74) is 1.37. The summed E-state index contributed by atoms with van der Waals surface area (Å²) in [5, 5.41) is 12.1. The third-order valence-electron chi connectivity index (χ3n) is 9.12. The van der Waals surface area contributed by atoms with Gasteiger partial charge in [0.1, 0.15) is 17.7 Å². The summed E-state index contributed by atoms with van der Waals surface area (Å²) in [6.45, 7) is 13.8. The molecule has 10 nitrogen and oxygen atoms in total. The van der Waals surface area contributed by atoms with Gasteiger partial charge in [-0.1, -0.05) is 46.3 Å². The van der Waals surface area contributed by atoms with E-state index in [1.54, 1.807) is 28.9 Å². The molecule has 2 N–H and O–H groups in total. The van der Waals surface area contributed by atoms with Crippen molar-refractivity contribution in [3.8, 4) is 0 Å². The molecule has 0 aliphatic carbocycles. The number of nitrogens with one attached hydrogen (secondary N) is 1. The van der Waals surface area contributed by atoms with Crippen molar-refractivity contribution in [3.05, 3.63) is 54.6 Å². The molecule has 2 bridgehead atoms. The standard InChI is InChI=1S/C34H46BrN3O7/c1-6-8-15-25(40)36-20-23(5)44-33(43)26-27-31(41)38(17-10-9-11-18-39)30(34(27)19-24(35)29(26)45-34)32(42)37(16-7-2)28-21(3)13-12-14-22(28)4/h6-7,12-14,23-24,26-27,29-30,39H,1-2,8-11,15-20H2,3-5H3,(H,36,40)/t23-,24?,26+,27-,29+,30+,34-/m1/s1. The van der Waals surface area contributed by atoms with Gasteiger partial charge >= 0.3 is 5.97 Å². The van der Waals surface area contributed by atoms with Crippen molar-refractivity contribution < 1.29 is 33.8 Å². The molecule has 0 radical (unpaired) electrons. The highest BCUT2D eigenvalue weighted by molar-refractivity contribution is 9.09. The molecular weight excluding hydrogens is 642 g/mol. The normalized spacial score (nSPS) is 27.2. The van der Waals surface area contributed by atoms with Crippen LogP contribution >= 0.6 is 15.9 Å². The lowest BCUT2D eigenvalue weighted by Crippen LogP contribution is -2.57. The number of carbonyl (C=O) groups is 4. The molecule has 3 heterocycles. The third kappa shape index (κ3) is 6.90. The number of aliphatic hydroxyl groups excluding tert-OH is 1. The summed E-state index contributed by atoms with van der Waals surface area (Å²) in [5.74, 6) is -3.14. The highest BCUT2D eigenvalue weighted by Crippen LogP contribution is 2.60. The van der Waals surface area contributed by atoms with Crippen molar-refractivity contribution in [1.29, 1.82) is 0 Å². The summed E-state index contributed by atoms with van der Waals surface area (Å²) in [6.07, 6.45) is 5.11. The van der Waals surface area contributed by atoms with Crippen molar-refractivity contribution in [2.45, 2.75) is 88.0 Å². The fourth-order valence-corrected chi connectivity index (χ4v) is 8.13. The molecule has 3 aliphatic rings. The first kappa shape index (κ1) is 34.8. The number of amides is 3. The Morgan fingerprint density at radius 3 is 2.58 bits per heavy atom. The van der Waals surface area contributed by atoms with Crippen LogP contribution in [0.3, 0.4) is 0 Å². The number of ether oxygens (including phenoxy) is 2. The number of rotatable bonds is 16. The average molecular weight is 689 g/mol. The van der Waals surface area contributed by atoms with Crippen LogP contribution < -0.4 is 10.2 Å². The largest absolute Gasteiger partial charge is 0.460 e. The highest BCUT2D eigenvalue weighted by atomic mass is 79.9. The number of carbonyl (C=O) groups excluding carboxylic acids is 4. The predicted molar refractivity (Wildman–Crippen MR) is 175 cm³/mol. The Morgan fingerprint density at radius 1 is 1.22 bits per heavy atom. The number of esters is 1. The lowest BCUT2D eigenvalue weighted by Gasteiger charge is -2.38. The molecule has 0 saturated carbocycles. The number of likely N-dealkylation sites (tertiary alicyclic amines) is 1. The number of hydrogen-bond acceptors (Lipinski definition) is 7. The van der Waals surface area contributed by atoms with E-state index in [2.05, 4.69) is 34.4 Å². The Bertz CT molecular complexity index is 1280. The molecular formula is C34H46BrN3O7. The first-order valence-electron chi connectivity index (χ1n) is 15.8. The smallest absolute Gasteiger partial charge is 0.312 e. The van der Waals surface area contributed by atoms with E-state index in [0.29, 0.717) is 38.5 Å². The van der Waals surface area contributed by atoms with Crippen LogP contribution in [0.25, 0.3) is 0 Å². The van der Waals surface area contributed by atoms with Gasteiger partial charge in [0.2, 0.25) is 11.8 Å². The van der Waals surface area contributed by atoms with Crippen LogP contribution in [0, 0.1) is 25.7 Å². The minimum Gasteiger partial charge on any atom is -0.460 e. The number of nitrogens with zero attached hydrogens (tertiary/aromatic N) is 2. The Morgan fingerprint density at radius 2 is 1.93 bits per heavy atom. The van der Waals surface area contributed by atoms with Crippen molar-refractivity contribution in [2.75, 3.05) is 31.1 Å². The first-order chi connectivity index (χ1) is 21.5. The minimum atomic E-state index is -1.23. The Balaban J connectivity index is 1.66. The summed E-state index contributed by atoms with van der Waals surface area (Å²) in [7, 11) is 0. The molecule has 1 unspecified atom stereocenters. The molecule has 7 atom stereocenters. The van der Waals surface area contributed by atoms with Crippen molar-refractivity contribution in [1.82, 2.24) is 10.2 Å². The van der Waals surface area contributed by atoms with E-state index < -0.39 is 41.7 Å². The van der Waals surface area contributed by atoms with Gasteiger partial charge in [0.05, 0.1) is 24.5 Å². The zero-order valence-electron chi connectivity index (χ0n) is 26.5. The molecule has 3 saturated heterocycles. The molecule has 3 fully saturated rings. The number of benzene rings is 1. The van der Waals surface area contributed by atoms with E-state index in [1.165, 1.54) is 0 Å². The van der Waals surface area contributed by atoms with Gasteiger partial charge in [-0.2, -0.15) is 0 Å². The van der Waals surface area contributed by atoms with E-state index in [4.69, 9.17) is 9.47 Å². The number of anilines is 1. The van der Waals surface area contributed by atoms with Gasteiger partial charge in [0.15, 0.2) is 0 Å². The minimum absolute atomic E-state index is 0.0411. The Labute approximate surface area is 274 Å². The number of halogens is 1. The number of unbranched alkanes of at least 4 members (excludes halogenated alkanes) is 2. The number of allylic oxidation sites excluding steroid dienone is 1. The lowest BCUT2D eigenvalue weighted by molar-refractivity contribution is -0.159. The van der Waals surface area contributed by atoms with Gasteiger partial charge in [-0.25, -0.2) is 0 Å². The topological polar surface area (TPSA) is 125 Å². The van der Waals surface area contributed by atoms with Gasteiger partial charge in [-0.15, -0.1) is 13.2 Å².